The first-order valence-corrected chi connectivity index (χ1v) is 7.60. The van der Waals surface area contributed by atoms with E-state index in [0.29, 0.717) is 38.0 Å². The number of rotatable bonds is 7. The van der Waals surface area contributed by atoms with E-state index in [1.807, 2.05) is 0 Å². The summed E-state index contributed by atoms with van der Waals surface area (Å²) in [6, 6.07) is 7.05. The summed E-state index contributed by atoms with van der Waals surface area (Å²) in [7, 11) is 1.38. The highest BCUT2D eigenvalue weighted by Crippen LogP contribution is 2.21. The fourth-order valence-corrected chi connectivity index (χ4v) is 2.52. The summed E-state index contributed by atoms with van der Waals surface area (Å²) in [5, 5.41) is 7.38. The van der Waals surface area contributed by atoms with Gasteiger partial charge in [-0.05, 0) is 37.1 Å². The lowest BCUT2D eigenvalue weighted by molar-refractivity contribution is -0.140. The van der Waals surface area contributed by atoms with Crippen molar-refractivity contribution in [2.24, 2.45) is 5.73 Å². The van der Waals surface area contributed by atoms with Crippen molar-refractivity contribution in [1.82, 2.24) is 4.90 Å². The summed E-state index contributed by atoms with van der Waals surface area (Å²) in [6.07, 6.45) is 1.87. The van der Waals surface area contributed by atoms with E-state index in [4.69, 9.17) is 11.1 Å². The lowest BCUT2D eigenvalue weighted by Crippen LogP contribution is -2.32. The van der Waals surface area contributed by atoms with Gasteiger partial charge in [-0.15, -0.1) is 0 Å². The van der Waals surface area contributed by atoms with Gasteiger partial charge in [0, 0.05) is 37.3 Å². The number of nitrogens with one attached hydrogen (secondary N) is 1. The Bertz CT molecular complexity index is 585. The van der Waals surface area contributed by atoms with Gasteiger partial charge in [0.15, 0.2) is 0 Å². The van der Waals surface area contributed by atoms with Crippen molar-refractivity contribution in [3.63, 3.8) is 0 Å². The number of nitrogens with two attached hydrogens (primary N) is 1. The zero-order valence-corrected chi connectivity index (χ0v) is 13.2. The van der Waals surface area contributed by atoms with Crippen molar-refractivity contribution < 1.29 is 14.3 Å². The van der Waals surface area contributed by atoms with Crippen LogP contribution in [0.15, 0.2) is 24.3 Å². The molecule has 0 atom stereocenters. The number of ether oxygens (including phenoxy) is 1. The third kappa shape index (κ3) is 4.21. The maximum atomic E-state index is 12.4. The molecule has 7 heteroatoms. The van der Waals surface area contributed by atoms with Crippen LogP contribution in [0, 0.1) is 5.41 Å². The molecule has 7 nitrogen and oxygen atoms in total. The third-order valence-electron chi connectivity index (χ3n) is 3.87. The SMILES string of the molecule is COC(=O)CCCCN1CCN(c2ccc(C(=N)N)cc2)C1=O. The van der Waals surface area contributed by atoms with Gasteiger partial charge in [-0.2, -0.15) is 0 Å². The van der Waals surface area contributed by atoms with Crippen LogP contribution in [-0.4, -0.2) is 49.5 Å². The van der Waals surface area contributed by atoms with Gasteiger partial charge in [0.2, 0.25) is 0 Å². The molecule has 0 saturated carbocycles. The highest BCUT2D eigenvalue weighted by molar-refractivity contribution is 5.97. The smallest absolute Gasteiger partial charge is 0.324 e. The van der Waals surface area contributed by atoms with Crippen molar-refractivity contribution in [3.8, 4) is 0 Å². The van der Waals surface area contributed by atoms with Crippen molar-refractivity contribution in [3.05, 3.63) is 29.8 Å². The first kappa shape index (κ1) is 16.8. The number of nitrogens with zero attached hydrogens (tertiary/aromatic N) is 2. The molecule has 1 aliphatic rings. The van der Waals surface area contributed by atoms with Crippen molar-refractivity contribution in [1.29, 1.82) is 5.41 Å². The Labute approximate surface area is 135 Å². The first-order chi connectivity index (χ1) is 11.0. The molecule has 0 bridgehead atoms. The molecule has 0 aromatic heterocycles. The van der Waals surface area contributed by atoms with E-state index in [2.05, 4.69) is 4.74 Å². The molecule has 23 heavy (non-hydrogen) atoms. The highest BCUT2D eigenvalue weighted by Gasteiger charge is 2.28. The van der Waals surface area contributed by atoms with E-state index < -0.39 is 0 Å². The zero-order chi connectivity index (χ0) is 16.8. The van der Waals surface area contributed by atoms with Gasteiger partial charge in [-0.3, -0.25) is 15.1 Å². The Kier molecular flexibility index (Phi) is 5.56. The Balaban J connectivity index is 1.86. The second-order valence-corrected chi connectivity index (χ2v) is 5.42. The number of unbranched alkanes of at least 4 members (excludes halogenated alkanes) is 1. The van der Waals surface area contributed by atoms with E-state index in [0.717, 1.165) is 12.1 Å². The number of anilines is 1. The van der Waals surface area contributed by atoms with Crippen LogP contribution < -0.4 is 10.6 Å². The predicted octanol–water partition coefficient (Wildman–Crippen LogP) is 1.56. The van der Waals surface area contributed by atoms with E-state index in [1.54, 1.807) is 34.1 Å². The topological polar surface area (TPSA) is 99.7 Å². The predicted molar refractivity (Wildman–Crippen MR) is 87.6 cm³/mol. The summed E-state index contributed by atoms with van der Waals surface area (Å²) >= 11 is 0. The average molecular weight is 318 g/mol. The molecule has 1 aromatic carbocycles. The number of methoxy groups -OCH3 is 1. The maximum Gasteiger partial charge on any atom is 0.324 e. The molecule has 3 N–H and O–H groups in total. The van der Waals surface area contributed by atoms with Gasteiger partial charge in [0.05, 0.1) is 7.11 Å². The normalized spacial score (nSPS) is 14.2. The van der Waals surface area contributed by atoms with Crippen LogP contribution in [0.4, 0.5) is 10.5 Å². The van der Waals surface area contributed by atoms with Crippen molar-refractivity contribution >= 4 is 23.5 Å². The lowest BCUT2D eigenvalue weighted by Gasteiger charge is -2.18. The average Bonchev–Trinajstić information content (AvgIpc) is 2.92. The second kappa shape index (κ2) is 7.62. The van der Waals surface area contributed by atoms with E-state index in [1.165, 1.54) is 7.11 Å². The molecule has 1 saturated heterocycles. The molecule has 1 heterocycles. The van der Waals surface area contributed by atoms with Gasteiger partial charge in [0.1, 0.15) is 5.84 Å². The first-order valence-electron chi connectivity index (χ1n) is 7.60. The summed E-state index contributed by atoms with van der Waals surface area (Å²) in [4.78, 5) is 27.0. The van der Waals surface area contributed by atoms with Crippen LogP contribution in [0.1, 0.15) is 24.8 Å². The molecule has 1 fully saturated rings. The summed E-state index contributed by atoms with van der Waals surface area (Å²) < 4.78 is 4.59. The largest absolute Gasteiger partial charge is 0.469 e. The molecule has 1 aromatic rings. The Morgan fingerprint density at radius 2 is 1.96 bits per heavy atom. The second-order valence-electron chi connectivity index (χ2n) is 5.42. The molecule has 0 unspecified atom stereocenters. The van der Waals surface area contributed by atoms with Gasteiger partial charge in [0.25, 0.3) is 0 Å². The number of hydrogen-bond acceptors (Lipinski definition) is 4. The monoisotopic (exact) mass is 318 g/mol. The number of carbonyl (C=O) groups excluding carboxylic acids is 2. The maximum absolute atomic E-state index is 12.4. The molecular weight excluding hydrogens is 296 g/mol. The Hall–Kier alpha value is -2.57. The fourth-order valence-electron chi connectivity index (χ4n) is 2.52. The van der Waals surface area contributed by atoms with Gasteiger partial charge < -0.3 is 15.4 Å². The van der Waals surface area contributed by atoms with Crippen molar-refractivity contribution in [2.45, 2.75) is 19.3 Å². The minimum absolute atomic E-state index is 0.0107. The Morgan fingerprint density at radius 3 is 2.57 bits per heavy atom. The highest BCUT2D eigenvalue weighted by atomic mass is 16.5. The van der Waals surface area contributed by atoms with Gasteiger partial charge in [-0.1, -0.05) is 0 Å². The summed E-state index contributed by atoms with van der Waals surface area (Å²) in [5.41, 5.74) is 6.87. The zero-order valence-electron chi connectivity index (χ0n) is 13.2. The van der Waals surface area contributed by atoms with Crippen LogP contribution in [0.5, 0.6) is 0 Å². The standard InChI is InChI=1S/C16H22N4O3/c1-23-14(21)4-2-3-9-19-10-11-20(16(19)22)13-7-5-12(6-8-13)15(17)18/h5-8H,2-4,9-11H2,1H3,(H3,17,18). The molecule has 0 spiro atoms. The van der Waals surface area contributed by atoms with E-state index in [9.17, 15) is 9.59 Å². The lowest BCUT2D eigenvalue weighted by atomic mass is 10.2. The fraction of sp³-hybridized carbons (Fsp3) is 0.438. The summed E-state index contributed by atoms with van der Waals surface area (Å²) in [5.74, 6) is -0.207. The number of urea groups is 1. The molecule has 0 aliphatic carbocycles. The molecular formula is C16H22N4O3. The van der Waals surface area contributed by atoms with Crippen LogP contribution in [0.25, 0.3) is 0 Å². The van der Waals surface area contributed by atoms with Crippen LogP contribution in [0.2, 0.25) is 0 Å². The number of benzene rings is 1. The van der Waals surface area contributed by atoms with Crippen molar-refractivity contribution in [2.75, 3.05) is 31.6 Å². The molecule has 1 aliphatic heterocycles. The minimum Gasteiger partial charge on any atom is -0.469 e. The third-order valence-corrected chi connectivity index (χ3v) is 3.87. The quantitative estimate of drug-likeness (QED) is 0.345. The number of nitrogen functional groups attached to an aromatic ring is 1. The molecule has 2 rings (SSSR count). The van der Waals surface area contributed by atoms with Crippen LogP contribution in [0.3, 0.4) is 0 Å². The Morgan fingerprint density at radius 1 is 1.26 bits per heavy atom. The summed E-state index contributed by atoms with van der Waals surface area (Å²) in [6.45, 7) is 1.94. The van der Waals surface area contributed by atoms with E-state index in [-0.39, 0.29) is 17.8 Å². The number of amides is 2. The number of amidine groups is 1. The van der Waals surface area contributed by atoms with Crippen LogP contribution >= 0.6 is 0 Å². The molecule has 2 amide bonds. The van der Waals surface area contributed by atoms with Gasteiger partial charge in [-0.25, -0.2) is 4.79 Å². The minimum atomic E-state index is -0.218. The number of hydrogen-bond donors (Lipinski definition) is 2. The molecule has 0 radical (unpaired) electrons. The van der Waals surface area contributed by atoms with Gasteiger partial charge >= 0.3 is 12.0 Å². The van der Waals surface area contributed by atoms with Crippen LogP contribution in [-0.2, 0) is 9.53 Å². The number of esters is 1. The van der Waals surface area contributed by atoms with E-state index >= 15 is 0 Å². The molecule has 124 valence electrons. The number of carbonyl (C=O) groups is 2.